The predicted molar refractivity (Wildman–Crippen MR) is 388 cm³/mol. The van der Waals surface area contributed by atoms with Crippen molar-refractivity contribution < 1.29 is 47.1 Å². The van der Waals surface area contributed by atoms with Crippen molar-refractivity contribution in [2.24, 2.45) is 0 Å². The highest BCUT2D eigenvalue weighted by molar-refractivity contribution is 6.00. The van der Waals surface area contributed by atoms with Crippen LogP contribution in [-0.4, -0.2) is 116 Å². The van der Waals surface area contributed by atoms with Crippen LogP contribution in [0.15, 0.2) is 179 Å². The minimum Gasteiger partial charge on any atom is -0.463 e. The lowest BCUT2D eigenvalue weighted by Crippen LogP contribution is -2.45. The van der Waals surface area contributed by atoms with Gasteiger partial charge in [0, 0.05) is 57.5 Å². The molecule has 0 spiro atoms. The maximum atomic E-state index is 14.1. The maximum Gasteiger partial charge on any atom is 0.408 e. The van der Waals surface area contributed by atoms with E-state index in [1.54, 1.807) is 55.8 Å². The molecule has 4 aliphatic rings. The number of hydrogen-bond acceptors (Lipinski definition) is 14. The molecule has 100 heavy (non-hydrogen) atoms. The molecule has 14 rings (SSSR count). The summed E-state index contributed by atoms with van der Waals surface area (Å²) in [6.07, 6.45) is 9.20. The van der Waals surface area contributed by atoms with Crippen LogP contribution in [0.2, 0.25) is 0 Å². The van der Waals surface area contributed by atoms with E-state index < -0.39 is 30.1 Å². The summed E-state index contributed by atoms with van der Waals surface area (Å²) in [4.78, 5) is 99.1. The fourth-order valence-electron chi connectivity index (χ4n) is 13.5. The number of carbonyl (C=O) groups excluding carboxylic acids is 6. The summed E-state index contributed by atoms with van der Waals surface area (Å²) in [5.74, 6) is 1.13. The van der Waals surface area contributed by atoms with Gasteiger partial charge in [0.1, 0.15) is 46.4 Å². The lowest BCUT2D eigenvalue weighted by atomic mass is 9.93. The molecule has 0 radical (unpaired) electrons. The Balaban J connectivity index is 0.000000241. The van der Waals surface area contributed by atoms with Crippen LogP contribution in [0.25, 0.3) is 67.1 Å². The van der Waals surface area contributed by atoms with Crippen LogP contribution in [-0.2, 0) is 33.4 Å². The summed E-state index contributed by atoms with van der Waals surface area (Å²) in [7, 11) is 0. The summed E-state index contributed by atoms with van der Waals surface area (Å²) < 4.78 is 23.1. The average molecular weight is 1350 g/mol. The smallest absolute Gasteiger partial charge is 0.408 e. The van der Waals surface area contributed by atoms with Gasteiger partial charge in [-0.2, -0.15) is 0 Å². The van der Waals surface area contributed by atoms with Gasteiger partial charge >= 0.3 is 12.1 Å². The lowest BCUT2D eigenvalue weighted by molar-refractivity contribution is -0.150. The first-order valence-corrected chi connectivity index (χ1v) is 34.0. The second kappa shape index (κ2) is 31.9. The highest BCUT2D eigenvalue weighted by atomic mass is 16.6. The number of hydrogen-bond donors (Lipinski definition) is 7. The van der Waals surface area contributed by atoms with Gasteiger partial charge in [-0.25, -0.2) is 14.8 Å². The van der Waals surface area contributed by atoms with Gasteiger partial charge < -0.3 is 64.7 Å². The number of H-pyrrole nitrogens is 2. The Morgan fingerprint density at radius 2 is 1.07 bits per heavy atom. The molecule has 520 valence electrons. The minimum absolute atomic E-state index is 0. The van der Waals surface area contributed by atoms with Crippen molar-refractivity contribution >= 4 is 69.0 Å². The number of alkyl carbamates (subject to hydrolysis) is 1. The molecule has 4 saturated heterocycles. The van der Waals surface area contributed by atoms with Crippen molar-refractivity contribution in [3.8, 4) is 45.2 Å². The van der Waals surface area contributed by atoms with Crippen molar-refractivity contribution in [3.63, 3.8) is 0 Å². The van der Waals surface area contributed by atoms with Gasteiger partial charge in [0.2, 0.25) is 17.7 Å². The number of nitrogens with zero attached hydrogens (tertiary/aromatic N) is 4. The molecule has 8 heterocycles. The summed E-state index contributed by atoms with van der Waals surface area (Å²) in [6.45, 7) is 9.96. The first kappa shape index (κ1) is 70.7. The van der Waals surface area contributed by atoms with E-state index in [1.165, 1.54) is 6.42 Å². The van der Waals surface area contributed by atoms with Crippen LogP contribution in [0.3, 0.4) is 0 Å². The van der Waals surface area contributed by atoms with E-state index in [4.69, 9.17) is 23.3 Å². The number of benzene rings is 6. The van der Waals surface area contributed by atoms with E-state index in [0.29, 0.717) is 66.0 Å². The Hall–Kier alpha value is -10.6. The van der Waals surface area contributed by atoms with Gasteiger partial charge in [-0.1, -0.05) is 75.5 Å². The van der Waals surface area contributed by atoms with E-state index in [-0.39, 0.29) is 69.2 Å². The summed E-state index contributed by atoms with van der Waals surface area (Å²) in [5, 5.41) is 17.4. The van der Waals surface area contributed by atoms with Gasteiger partial charge in [-0.3, -0.25) is 24.0 Å². The molecule has 0 unspecified atom stereocenters. The third kappa shape index (κ3) is 16.4. The third-order valence-corrected chi connectivity index (χ3v) is 18.4. The van der Waals surface area contributed by atoms with E-state index in [9.17, 15) is 28.8 Å². The molecular weight excluding hydrogens is 1260 g/mol. The second-order valence-electron chi connectivity index (χ2n) is 26.0. The normalized spacial score (nSPS) is 17.8. The molecule has 4 aliphatic heterocycles. The van der Waals surface area contributed by atoms with E-state index >= 15 is 0 Å². The fraction of sp³-hybridized carbons (Fsp3) is 0.342. The number of amides is 5. The zero-order valence-corrected chi connectivity index (χ0v) is 55.3. The van der Waals surface area contributed by atoms with Crippen LogP contribution < -0.4 is 26.6 Å². The van der Waals surface area contributed by atoms with Crippen LogP contribution in [0.5, 0.6) is 0 Å². The molecule has 4 aromatic heterocycles. The molecule has 0 saturated carbocycles. The third-order valence-electron chi connectivity index (χ3n) is 18.4. The number of carbonyl (C=O) groups is 6. The molecule has 5 amide bonds. The Kier molecular flexibility index (Phi) is 22.6. The highest BCUT2D eigenvalue weighted by Gasteiger charge is 2.40. The van der Waals surface area contributed by atoms with E-state index in [2.05, 4.69) is 59.7 Å². The first-order valence-electron chi connectivity index (χ1n) is 34.0. The number of anilines is 2. The Bertz CT molecular complexity index is 4450. The van der Waals surface area contributed by atoms with Gasteiger partial charge in [0.05, 0.1) is 66.5 Å². The van der Waals surface area contributed by atoms with Crippen molar-refractivity contribution in [2.75, 3.05) is 36.8 Å². The summed E-state index contributed by atoms with van der Waals surface area (Å²) in [5.41, 5.74) is 9.84. The molecule has 21 nitrogen and oxygen atoms in total. The number of rotatable bonds is 19. The summed E-state index contributed by atoms with van der Waals surface area (Å²) >= 11 is 0. The molecule has 4 fully saturated rings. The SMILES string of the molecule is C.C.CC(C)OC(=O)C[C@@H](C(=O)N1CCC[C@H]1C(=O)Nc1ccc(-c2cc3cc(-c4cnc([C@@H]5CCCN5C(=O)[C@H](NC(=O)OC(C)C)c5ccccc5)[nH]4)ccc3o2)cc1)c1ccccc1.O=C(Nc1ccc(-c2cc3cc(-c4cnc([C@@H]5CCCN5)[nH]4)ccc3o2)cc1)[C@@H]1CCCN1. The second-order valence-corrected chi connectivity index (χ2v) is 26.0. The Morgan fingerprint density at radius 1 is 0.540 bits per heavy atom. The standard InChI is InChI=1S/C51H54N6O8.C26H27N5O2.2CH4/c1-31(2)63-45(58)29-39(33-13-7-5-8-14-33)49(60)57-26-12-18-42(57)48(59)53-38-22-19-34(20-23-38)44-28-37-27-36(21-24-43(37)65-44)40-30-52-47(54-40)41-17-11-25-56(41)50(61)46(35-15-9-6-10-16-35)55-51(62)64-32(3)4;32-26(21-4-2-12-28-21)30-19-8-5-16(6-9-19)24-14-18-13-17(7-10-23(18)33-24)22-15-29-25(31-22)20-3-1-11-27-20;;/h5-10,13-16,19-24,27-28,30-32,39,41-42,46H,11-12,17-18,25-26,29H2,1-4H3,(H,52,54)(H,53,59)(H,55,62);5-10,13-15,20-21,27-28H,1-4,11-12H2,(H,29,31)(H,30,32);2*1H4/t39-,41+,42+,46-;20-,21-;;/m10../s1. The van der Waals surface area contributed by atoms with Gasteiger partial charge in [-0.05, 0) is 200 Å². The van der Waals surface area contributed by atoms with Gasteiger partial charge in [-0.15, -0.1) is 0 Å². The first-order chi connectivity index (χ1) is 47.6. The number of aromatic nitrogens is 4. The zero-order chi connectivity index (χ0) is 67.8. The monoisotopic (exact) mass is 1350 g/mol. The van der Waals surface area contributed by atoms with Crippen LogP contribution in [0.1, 0.15) is 147 Å². The number of esters is 1. The molecule has 7 N–H and O–H groups in total. The molecule has 0 aliphatic carbocycles. The zero-order valence-electron chi connectivity index (χ0n) is 55.3. The number of ether oxygens (including phenoxy) is 2. The number of furan rings is 2. The van der Waals surface area contributed by atoms with Gasteiger partial charge in [0.25, 0.3) is 5.91 Å². The number of imidazole rings is 2. The average Bonchev–Trinajstić information content (AvgIpc) is 1.61. The number of aromatic amines is 2. The topological polar surface area (TPSA) is 271 Å². The number of likely N-dealkylation sites (tertiary alicyclic amines) is 2. The fourth-order valence-corrected chi connectivity index (χ4v) is 13.5. The van der Waals surface area contributed by atoms with Crippen LogP contribution in [0, 0.1) is 0 Å². The van der Waals surface area contributed by atoms with Crippen molar-refractivity contribution in [2.45, 2.75) is 149 Å². The molecule has 10 aromatic rings. The van der Waals surface area contributed by atoms with E-state index in [1.807, 2.05) is 134 Å². The highest BCUT2D eigenvalue weighted by Crippen LogP contribution is 2.38. The number of nitrogens with one attached hydrogen (secondary N) is 7. The van der Waals surface area contributed by atoms with Crippen molar-refractivity contribution in [3.05, 3.63) is 193 Å². The molecule has 21 heteroatoms. The Morgan fingerprint density at radius 3 is 1.64 bits per heavy atom. The molecule has 6 aromatic carbocycles. The predicted octanol–water partition coefficient (Wildman–Crippen LogP) is 15.0. The quantitative estimate of drug-likeness (QED) is 0.0371. The van der Waals surface area contributed by atoms with Crippen LogP contribution in [0.4, 0.5) is 16.2 Å². The Labute approximate surface area is 582 Å². The molecular formula is C79H89N11O10. The van der Waals surface area contributed by atoms with Crippen molar-refractivity contribution in [1.29, 1.82) is 0 Å². The molecule has 0 bridgehead atoms. The minimum atomic E-state index is -0.917. The molecule has 6 atom stereocenters. The summed E-state index contributed by atoms with van der Waals surface area (Å²) in [6, 6.07) is 47.9. The van der Waals surface area contributed by atoms with Crippen molar-refractivity contribution in [1.82, 2.24) is 45.7 Å². The van der Waals surface area contributed by atoms with Gasteiger partial charge in [0.15, 0.2) is 0 Å². The maximum absolute atomic E-state index is 14.1. The number of fused-ring (bicyclic) bond motifs is 2. The van der Waals surface area contributed by atoms with Crippen LogP contribution >= 0.6 is 0 Å². The lowest BCUT2D eigenvalue weighted by Gasteiger charge is -2.28. The largest absolute Gasteiger partial charge is 0.463 e. The van der Waals surface area contributed by atoms with E-state index in [0.717, 1.165) is 112 Å².